The molecule has 178 valence electrons. The zero-order chi connectivity index (χ0) is 25.2. The van der Waals surface area contributed by atoms with Crippen LogP contribution in [0.15, 0.2) is 121 Å². The van der Waals surface area contributed by atoms with E-state index in [9.17, 15) is 0 Å². The highest BCUT2D eigenvalue weighted by Crippen LogP contribution is 2.55. The Morgan fingerprint density at radius 2 is 1.29 bits per heavy atom. The van der Waals surface area contributed by atoms with E-state index >= 15 is 0 Å². The number of anilines is 2. The van der Waals surface area contributed by atoms with Crippen molar-refractivity contribution in [3.8, 4) is 11.1 Å². The van der Waals surface area contributed by atoms with Crippen molar-refractivity contribution in [1.82, 2.24) is 4.48 Å². The Morgan fingerprint density at radius 3 is 2.18 bits per heavy atom. The molecule has 5 aromatic carbocycles. The minimum Gasteiger partial charge on any atom is -0.376 e. The summed E-state index contributed by atoms with van der Waals surface area (Å²) in [6, 6.07) is 42.7. The number of hydrogen-bond donors (Lipinski definition) is 0. The van der Waals surface area contributed by atoms with E-state index < -0.39 is 0 Å². The molecule has 3 aliphatic rings. The van der Waals surface area contributed by atoms with Gasteiger partial charge >= 0.3 is 6.85 Å². The minimum atomic E-state index is -0.127. The lowest BCUT2D eigenvalue weighted by Gasteiger charge is -2.42. The highest BCUT2D eigenvalue weighted by Gasteiger charge is 2.52. The average Bonchev–Trinajstić information content (AvgIpc) is 3.42. The molecule has 3 heteroatoms. The lowest BCUT2D eigenvalue weighted by Crippen LogP contribution is -2.52. The topological polar surface area (TPSA) is 8.17 Å². The molecule has 0 radical (unpaired) electrons. The smallest absolute Gasteiger partial charge is 0.329 e. The van der Waals surface area contributed by atoms with Gasteiger partial charge in [-0.05, 0) is 46.3 Å². The first kappa shape index (κ1) is 20.5. The van der Waals surface area contributed by atoms with Crippen LogP contribution in [0.2, 0.25) is 0 Å². The van der Waals surface area contributed by atoms with Gasteiger partial charge in [-0.2, -0.15) is 0 Å². The predicted molar refractivity (Wildman–Crippen MR) is 161 cm³/mol. The molecule has 1 aromatic heterocycles. The van der Waals surface area contributed by atoms with E-state index in [2.05, 4.69) is 138 Å². The van der Waals surface area contributed by atoms with E-state index in [1.165, 1.54) is 72.1 Å². The molecule has 0 spiro atoms. The SMILES string of the molecule is CC1(C)C2=C(c3ccccc31)N(c1ccccc1)c1cccc3c1B2n1c2ccccc2c2cccc-3c21. The number of nitrogens with zero attached hydrogens (tertiary/aromatic N) is 2. The lowest BCUT2D eigenvalue weighted by atomic mass is 9.40. The summed E-state index contributed by atoms with van der Waals surface area (Å²) in [6.07, 6.45) is 0. The van der Waals surface area contributed by atoms with Gasteiger partial charge in [0.05, 0.1) is 0 Å². The van der Waals surface area contributed by atoms with Crippen molar-refractivity contribution in [2.75, 3.05) is 4.90 Å². The Labute approximate surface area is 222 Å². The zero-order valence-corrected chi connectivity index (χ0v) is 21.4. The maximum Gasteiger partial charge on any atom is 0.329 e. The van der Waals surface area contributed by atoms with Gasteiger partial charge in [-0.15, -0.1) is 0 Å². The summed E-state index contributed by atoms with van der Waals surface area (Å²) in [5.74, 6) is 0. The normalized spacial score (nSPS) is 16.2. The van der Waals surface area contributed by atoms with E-state index in [-0.39, 0.29) is 12.3 Å². The van der Waals surface area contributed by atoms with Gasteiger partial charge in [-0.1, -0.05) is 105 Å². The second-order valence-electron chi connectivity index (χ2n) is 11.3. The van der Waals surface area contributed by atoms with Crippen LogP contribution >= 0.6 is 0 Å². The molecule has 0 atom stereocenters. The molecule has 0 bridgehead atoms. The summed E-state index contributed by atoms with van der Waals surface area (Å²) in [5.41, 5.74) is 14.7. The van der Waals surface area contributed by atoms with E-state index in [4.69, 9.17) is 0 Å². The van der Waals surface area contributed by atoms with Crippen molar-refractivity contribution in [3.63, 3.8) is 0 Å². The van der Waals surface area contributed by atoms with Gasteiger partial charge in [0.2, 0.25) is 0 Å². The van der Waals surface area contributed by atoms with Crippen LogP contribution in [0, 0.1) is 0 Å². The molecule has 0 fully saturated rings. The summed E-state index contributed by atoms with van der Waals surface area (Å²) >= 11 is 0. The summed E-state index contributed by atoms with van der Waals surface area (Å²) in [6.45, 7) is 4.97. The van der Waals surface area contributed by atoms with Crippen molar-refractivity contribution in [1.29, 1.82) is 0 Å². The fourth-order valence-corrected chi connectivity index (χ4v) is 7.71. The van der Waals surface area contributed by atoms with Crippen LogP contribution < -0.4 is 10.4 Å². The average molecular weight is 484 g/mol. The first-order chi connectivity index (χ1) is 18.7. The van der Waals surface area contributed by atoms with Crippen LogP contribution in [0.25, 0.3) is 38.6 Å². The number of fused-ring (bicyclic) bond motifs is 8. The summed E-state index contributed by atoms with van der Waals surface area (Å²) < 4.78 is 2.66. The largest absolute Gasteiger partial charge is 0.376 e. The Morgan fingerprint density at radius 1 is 0.605 bits per heavy atom. The molecule has 0 N–H and O–H groups in total. The summed E-state index contributed by atoms with van der Waals surface area (Å²) in [7, 11) is 0. The van der Waals surface area contributed by atoms with Crippen molar-refractivity contribution in [2.24, 2.45) is 0 Å². The van der Waals surface area contributed by atoms with Gasteiger partial charge in [0.1, 0.15) is 0 Å². The van der Waals surface area contributed by atoms with Crippen LogP contribution in [0.1, 0.15) is 25.0 Å². The zero-order valence-electron chi connectivity index (χ0n) is 21.4. The Kier molecular flexibility index (Phi) is 3.72. The van der Waals surface area contributed by atoms with Gasteiger partial charge < -0.3 is 9.38 Å². The number of allylic oxidation sites excluding steroid dienone is 1. The van der Waals surface area contributed by atoms with Crippen molar-refractivity contribution in [3.05, 3.63) is 132 Å². The second-order valence-corrected chi connectivity index (χ2v) is 11.3. The van der Waals surface area contributed by atoms with Crippen LogP contribution in [0.3, 0.4) is 0 Å². The third-order valence-electron chi connectivity index (χ3n) is 9.17. The predicted octanol–water partition coefficient (Wildman–Crippen LogP) is 7.92. The van der Waals surface area contributed by atoms with E-state index in [1.54, 1.807) is 0 Å². The first-order valence-corrected chi connectivity index (χ1v) is 13.5. The molecule has 1 aliphatic carbocycles. The second kappa shape index (κ2) is 6.87. The highest BCUT2D eigenvalue weighted by atomic mass is 15.2. The molecule has 0 saturated carbocycles. The number of aromatic nitrogens is 1. The molecular weight excluding hydrogens is 459 g/mol. The van der Waals surface area contributed by atoms with Crippen LogP contribution in [-0.4, -0.2) is 11.3 Å². The maximum absolute atomic E-state index is 2.66. The molecular formula is C35H25BN2. The van der Waals surface area contributed by atoms with Crippen LogP contribution in [0.4, 0.5) is 11.4 Å². The Balaban J connectivity index is 1.51. The highest BCUT2D eigenvalue weighted by molar-refractivity contribution is 6.85. The van der Waals surface area contributed by atoms with Crippen LogP contribution in [0.5, 0.6) is 0 Å². The molecule has 3 heterocycles. The molecule has 38 heavy (non-hydrogen) atoms. The molecule has 0 amide bonds. The fourth-order valence-electron chi connectivity index (χ4n) is 7.71. The van der Waals surface area contributed by atoms with Crippen molar-refractivity contribution < 1.29 is 0 Å². The third kappa shape index (κ3) is 2.28. The van der Waals surface area contributed by atoms with Gasteiger partial charge in [0.25, 0.3) is 0 Å². The summed E-state index contributed by atoms with van der Waals surface area (Å²) in [5, 5.41) is 2.68. The minimum absolute atomic E-state index is 0.121. The van der Waals surface area contributed by atoms with E-state index in [1.807, 2.05) is 0 Å². The maximum atomic E-state index is 2.66. The molecule has 2 nitrogen and oxygen atoms in total. The molecule has 0 unspecified atom stereocenters. The molecule has 2 aliphatic heterocycles. The number of para-hydroxylation sites is 3. The van der Waals surface area contributed by atoms with E-state index in [0.717, 1.165) is 0 Å². The molecule has 0 saturated heterocycles. The Hall–Kier alpha value is -4.50. The molecule has 9 rings (SSSR count). The number of hydrogen-bond acceptors (Lipinski definition) is 1. The quantitative estimate of drug-likeness (QED) is 0.215. The monoisotopic (exact) mass is 484 g/mol. The molecule has 6 aromatic rings. The third-order valence-corrected chi connectivity index (χ3v) is 9.17. The fraction of sp³-hybridized carbons (Fsp3) is 0.0857. The van der Waals surface area contributed by atoms with Crippen molar-refractivity contribution >= 4 is 51.2 Å². The van der Waals surface area contributed by atoms with Crippen molar-refractivity contribution in [2.45, 2.75) is 19.3 Å². The standard InChI is InChI=1S/C35H25BN2/c1-35(2)28-19-8-6-15-27(28)33-34(35)36-31-24(16-11-21-30(31)37(33)22-12-4-3-5-13-22)26-18-10-17-25-23-14-7-9-20-29(23)38(36)32(25)26/h3-21H,1-2H3. The van der Waals surface area contributed by atoms with E-state index in [0.29, 0.717) is 0 Å². The van der Waals surface area contributed by atoms with Gasteiger partial charge in [-0.3, -0.25) is 0 Å². The van der Waals surface area contributed by atoms with Gasteiger partial charge in [0.15, 0.2) is 0 Å². The lowest BCUT2D eigenvalue weighted by molar-refractivity contribution is 0.663. The van der Waals surface area contributed by atoms with Gasteiger partial charge in [-0.25, -0.2) is 0 Å². The first-order valence-electron chi connectivity index (χ1n) is 13.5. The Bertz CT molecular complexity index is 2010. The number of benzene rings is 5. The number of rotatable bonds is 1. The van der Waals surface area contributed by atoms with Crippen LogP contribution in [-0.2, 0) is 5.41 Å². The summed E-state index contributed by atoms with van der Waals surface area (Å²) in [4.78, 5) is 2.54. The van der Waals surface area contributed by atoms with Gasteiger partial charge in [0, 0.05) is 55.4 Å².